The van der Waals surface area contributed by atoms with E-state index >= 15 is 0 Å². The first kappa shape index (κ1) is 9.79. The molecule has 0 saturated heterocycles. The zero-order valence-electron chi connectivity index (χ0n) is 8.10. The normalized spacial score (nSPS) is 10.2. The number of aromatic nitrogens is 2. The van der Waals surface area contributed by atoms with Gasteiger partial charge in [-0.05, 0) is 18.6 Å². The molecule has 0 fully saturated rings. The highest BCUT2D eigenvalue weighted by Gasteiger charge is 2.09. The summed E-state index contributed by atoms with van der Waals surface area (Å²) in [4.78, 5) is 19.1. The highest BCUT2D eigenvalue weighted by atomic mass is 32.1. The number of aryl methyl sites for hydroxylation is 1. The number of amides is 1. The molecule has 2 N–H and O–H groups in total. The fourth-order valence-electron chi connectivity index (χ4n) is 1.20. The second-order valence-corrected chi connectivity index (χ2v) is 3.95. The first-order chi connectivity index (χ1) is 7.18. The van der Waals surface area contributed by atoms with E-state index in [9.17, 15) is 4.79 Å². The molecule has 0 aromatic carbocycles. The van der Waals surface area contributed by atoms with Crippen molar-refractivity contribution in [1.29, 1.82) is 0 Å². The van der Waals surface area contributed by atoms with Crippen molar-refractivity contribution in [3.8, 4) is 10.6 Å². The second kappa shape index (κ2) is 3.78. The Kier molecular flexibility index (Phi) is 2.47. The number of nitrogens with zero attached hydrogens (tertiary/aromatic N) is 2. The standard InChI is InChI=1S/C10H9N3OS/c1-6-2-3-12-4-7(6)10-13-8(5-15-10)9(11)14/h2-5H,1H3,(H2,11,14). The van der Waals surface area contributed by atoms with E-state index in [0.29, 0.717) is 5.69 Å². The van der Waals surface area contributed by atoms with Crippen molar-refractivity contribution in [2.45, 2.75) is 6.92 Å². The van der Waals surface area contributed by atoms with Gasteiger partial charge in [-0.1, -0.05) is 0 Å². The van der Waals surface area contributed by atoms with Gasteiger partial charge < -0.3 is 5.73 Å². The molecule has 2 rings (SSSR count). The SMILES string of the molecule is Cc1ccncc1-c1nc(C(N)=O)cs1. The summed E-state index contributed by atoms with van der Waals surface area (Å²) in [6, 6.07) is 1.90. The van der Waals surface area contributed by atoms with Crippen molar-refractivity contribution in [1.82, 2.24) is 9.97 Å². The third-order valence-electron chi connectivity index (χ3n) is 2.03. The monoisotopic (exact) mass is 219 g/mol. The minimum Gasteiger partial charge on any atom is -0.364 e. The van der Waals surface area contributed by atoms with Crippen LogP contribution in [-0.2, 0) is 0 Å². The quantitative estimate of drug-likeness (QED) is 0.834. The van der Waals surface area contributed by atoms with E-state index in [1.54, 1.807) is 17.8 Å². The fraction of sp³-hybridized carbons (Fsp3) is 0.100. The molecule has 0 aliphatic rings. The van der Waals surface area contributed by atoms with Gasteiger partial charge in [-0.2, -0.15) is 0 Å². The number of hydrogen-bond acceptors (Lipinski definition) is 4. The average molecular weight is 219 g/mol. The zero-order chi connectivity index (χ0) is 10.8. The highest BCUT2D eigenvalue weighted by molar-refractivity contribution is 7.13. The summed E-state index contributed by atoms with van der Waals surface area (Å²) >= 11 is 1.39. The Morgan fingerprint density at radius 3 is 2.93 bits per heavy atom. The number of nitrogens with two attached hydrogens (primary N) is 1. The van der Waals surface area contributed by atoms with Crippen LogP contribution in [0.5, 0.6) is 0 Å². The number of primary amides is 1. The van der Waals surface area contributed by atoms with Crippen molar-refractivity contribution in [2.24, 2.45) is 5.73 Å². The Morgan fingerprint density at radius 1 is 1.53 bits per heavy atom. The van der Waals surface area contributed by atoms with Crippen molar-refractivity contribution >= 4 is 17.2 Å². The van der Waals surface area contributed by atoms with Crippen LogP contribution in [0.4, 0.5) is 0 Å². The molecular weight excluding hydrogens is 210 g/mol. The summed E-state index contributed by atoms with van der Waals surface area (Å²) in [6.45, 7) is 1.97. The van der Waals surface area contributed by atoms with Gasteiger partial charge in [0.1, 0.15) is 10.7 Å². The van der Waals surface area contributed by atoms with Gasteiger partial charge in [0.25, 0.3) is 5.91 Å². The molecule has 15 heavy (non-hydrogen) atoms. The number of rotatable bonds is 2. The fourth-order valence-corrected chi connectivity index (χ4v) is 2.08. The van der Waals surface area contributed by atoms with Crippen LogP contribution in [0.1, 0.15) is 16.1 Å². The molecule has 2 heterocycles. The van der Waals surface area contributed by atoms with E-state index < -0.39 is 5.91 Å². The molecule has 2 aromatic rings. The maximum atomic E-state index is 10.9. The largest absolute Gasteiger partial charge is 0.364 e. The summed E-state index contributed by atoms with van der Waals surface area (Å²) in [5.74, 6) is -0.501. The van der Waals surface area contributed by atoms with Gasteiger partial charge in [-0.3, -0.25) is 9.78 Å². The van der Waals surface area contributed by atoms with Gasteiger partial charge in [-0.25, -0.2) is 4.98 Å². The number of pyridine rings is 1. The Hall–Kier alpha value is -1.75. The molecule has 4 nitrogen and oxygen atoms in total. The molecule has 76 valence electrons. The maximum absolute atomic E-state index is 10.9. The number of carbonyl (C=O) groups is 1. The van der Waals surface area contributed by atoms with Gasteiger partial charge in [0.05, 0.1) is 0 Å². The van der Waals surface area contributed by atoms with Crippen LogP contribution < -0.4 is 5.73 Å². The lowest BCUT2D eigenvalue weighted by molar-refractivity contribution is 0.0996. The molecule has 0 spiro atoms. The van der Waals surface area contributed by atoms with E-state index in [4.69, 9.17) is 5.73 Å². The Bertz CT molecular complexity index is 507. The Balaban J connectivity index is 2.46. The molecule has 0 aliphatic carbocycles. The lowest BCUT2D eigenvalue weighted by Gasteiger charge is -1.98. The van der Waals surface area contributed by atoms with Crippen molar-refractivity contribution in [3.05, 3.63) is 35.1 Å². The van der Waals surface area contributed by atoms with Gasteiger partial charge >= 0.3 is 0 Å². The Labute approximate surface area is 90.8 Å². The Morgan fingerprint density at radius 2 is 2.33 bits per heavy atom. The lowest BCUT2D eigenvalue weighted by atomic mass is 10.2. The van der Waals surface area contributed by atoms with Gasteiger partial charge in [-0.15, -0.1) is 11.3 Å². The summed E-state index contributed by atoms with van der Waals surface area (Å²) in [5, 5.41) is 2.43. The number of hydrogen-bond donors (Lipinski definition) is 1. The molecule has 5 heteroatoms. The zero-order valence-corrected chi connectivity index (χ0v) is 8.91. The van der Waals surface area contributed by atoms with E-state index in [1.807, 2.05) is 13.0 Å². The molecule has 0 radical (unpaired) electrons. The third-order valence-corrected chi connectivity index (χ3v) is 2.90. The molecular formula is C10H9N3OS. The van der Waals surface area contributed by atoms with E-state index in [1.165, 1.54) is 11.3 Å². The van der Waals surface area contributed by atoms with E-state index in [0.717, 1.165) is 16.1 Å². The minimum atomic E-state index is -0.501. The predicted molar refractivity (Wildman–Crippen MR) is 58.6 cm³/mol. The van der Waals surface area contributed by atoms with Gasteiger partial charge in [0.2, 0.25) is 0 Å². The first-order valence-corrected chi connectivity index (χ1v) is 5.23. The van der Waals surface area contributed by atoms with E-state index in [-0.39, 0.29) is 0 Å². The van der Waals surface area contributed by atoms with Crippen LogP contribution in [-0.4, -0.2) is 15.9 Å². The van der Waals surface area contributed by atoms with Gasteiger partial charge in [0.15, 0.2) is 0 Å². The average Bonchev–Trinajstić information content (AvgIpc) is 2.67. The molecule has 0 saturated carbocycles. The smallest absolute Gasteiger partial charge is 0.268 e. The minimum absolute atomic E-state index is 0.304. The van der Waals surface area contributed by atoms with Crippen LogP contribution in [0.15, 0.2) is 23.8 Å². The highest BCUT2D eigenvalue weighted by Crippen LogP contribution is 2.25. The lowest BCUT2D eigenvalue weighted by Crippen LogP contribution is -2.10. The van der Waals surface area contributed by atoms with Gasteiger partial charge in [0, 0.05) is 23.3 Å². The molecule has 0 aliphatic heterocycles. The topological polar surface area (TPSA) is 68.9 Å². The summed E-state index contributed by atoms with van der Waals surface area (Å²) in [6.07, 6.45) is 3.46. The summed E-state index contributed by atoms with van der Waals surface area (Å²) < 4.78 is 0. The van der Waals surface area contributed by atoms with E-state index in [2.05, 4.69) is 9.97 Å². The maximum Gasteiger partial charge on any atom is 0.268 e. The number of carbonyl (C=O) groups excluding carboxylic acids is 1. The van der Waals surface area contributed by atoms with Crippen LogP contribution in [0.25, 0.3) is 10.6 Å². The molecule has 0 unspecified atom stereocenters. The van der Waals surface area contributed by atoms with Crippen molar-refractivity contribution < 1.29 is 4.79 Å². The van der Waals surface area contributed by atoms with Crippen molar-refractivity contribution in [3.63, 3.8) is 0 Å². The molecule has 0 atom stereocenters. The van der Waals surface area contributed by atoms with Crippen LogP contribution in [0.3, 0.4) is 0 Å². The third kappa shape index (κ3) is 1.87. The number of thiazole rings is 1. The second-order valence-electron chi connectivity index (χ2n) is 3.09. The molecule has 0 bridgehead atoms. The molecule has 2 aromatic heterocycles. The molecule has 1 amide bonds. The van der Waals surface area contributed by atoms with Crippen LogP contribution >= 0.6 is 11.3 Å². The predicted octanol–water partition coefficient (Wildman–Crippen LogP) is 1.61. The van der Waals surface area contributed by atoms with Crippen LogP contribution in [0, 0.1) is 6.92 Å². The summed E-state index contributed by atoms with van der Waals surface area (Å²) in [7, 11) is 0. The van der Waals surface area contributed by atoms with Crippen molar-refractivity contribution in [2.75, 3.05) is 0 Å². The first-order valence-electron chi connectivity index (χ1n) is 4.35. The summed E-state index contributed by atoms with van der Waals surface area (Å²) in [5.41, 5.74) is 7.46. The van der Waals surface area contributed by atoms with Crippen LogP contribution in [0.2, 0.25) is 0 Å².